The molecule has 0 fully saturated rings. The van der Waals surface area contributed by atoms with Gasteiger partial charge in [-0.2, -0.15) is 5.26 Å². The van der Waals surface area contributed by atoms with Gasteiger partial charge in [0.25, 0.3) is 0 Å². The maximum absolute atomic E-state index is 12.9. The van der Waals surface area contributed by atoms with Gasteiger partial charge in [-0.15, -0.1) is 0 Å². The fraction of sp³-hybridized carbons (Fsp3) is 0.417. The lowest BCUT2D eigenvalue weighted by atomic mass is 10.1. The van der Waals surface area contributed by atoms with E-state index in [9.17, 15) is 4.39 Å². The predicted octanol–water partition coefficient (Wildman–Crippen LogP) is 1.48. The molecular weight excluding hydrogens is 205 g/mol. The number of nitrogens with two attached hydrogens (primary N) is 1. The van der Waals surface area contributed by atoms with E-state index < -0.39 is 0 Å². The standard InChI is InChI=1S/C12H16FN3/c1-16(6-2-5-14)9-10-3-4-12(13)7-11(10)8-15/h3-4,7H,2,5-6,9,14H2,1H3. The van der Waals surface area contributed by atoms with Crippen molar-refractivity contribution < 1.29 is 4.39 Å². The molecule has 0 unspecified atom stereocenters. The van der Waals surface area contributed by atoms with Crippen LogP contribution in [0.4, 0.5) is 4.39 Å². The highest BCUT2D eigenvalue weighted by Crippen LogP contribution is 2.12. The molecule has 0 aliphatic heterocycles. The zero-order chi connectivity index (χ0) is 12.0. The zero-order valence-corrected chi connectivity index (χ0v) is 9.41. The van der Waals surface area contributed by atoms with Crippen LogP contribution in [0.3, 0.4) is 0 Å². The van der Waals surface area contributed by atoms with E-state index >= 15 is 0 Å². The van der Waals surface area contributed by atoms with Crippen LogP contribution in [0.5, 0.6) is 0 Å². The van der Waals surface area contributed by atoms with Crippen molar-refractivity contribution in [2.45, 2.75) is 13.0 Å². The topological polar surface area (TPSA) is 53.0 Å². The van der Waals surface area contributed by atoms with E-state index in [1.165, 1.54) is 12.1 Å². The van der Waals surface area contributed by atoms with Crippen molar-refractivity contribution >= 4 is 0 Å². The minimum atomic E-state index is -0.370. The zero-order valence-electron chi connectivity index (χ0n) is 9.41. The van der Waals surface area contributed by atoms with Crippen molar-refractivity contribution in [3.05, 3.63) is 35.1 Å². The summed E-state index contributed by atoms with van der Waals surface area (Å²) in [5.41, 5.74) is 6.67. The minimum absolute atomic E-state index is 0.370. The predicted molar refractivity (Wildman–Crippen MR) is 61.1 cm³/mol. The molecule has 0 saturated carbocycles. The Balaban J connectivity index is 2.70. The van der Waals surface area contributed by atoms with Gasteiger partial charge in [0, 0.05) is 6.54 Å². The summed E-state index contributed by atoms with van der Waals surface area (Å²) in [6, 6.07) is 6.32. The molecule has 0 spiro atoms. The molecule has 0 saturated heterocycles. The van der Waals surface area contributed by atoms with Crippen LogP contribution in [0, 0.1) is 17.1 Å². The summed E-state index contributed by atoms with van der Waals surface area (Å²) in [7, 11) is 1.96. The summed E-state index contributed by atoms with van der Waals surface area (Å²) >= 11 is 0. The molecule has 0 bridgehead atoms. The van der Waals surface area contributed by atoms with E-state index in [2.05, 4.69) is 4.90 Å². The molecule has 4 heteroatoms. The van der Waals surface area contributed by atoms with Gasteiger partial charge in [0.2, 0.25) is 0 Å². The molecule has 1 aromatic carbocycles. The average molecular weight is 221 g/mol. The number of nitriles is 1. The van der Waals surface area contributed by atoms with E-state index in [-0.39, 0.29) is 5.82 Å². The molecule has 0 aromatic heterocycles. The molecule has 0 heterocycles. The van der Waals surface area contributed by atoms with Crippen LogP contribution in [0.2, 0.25) is 0 Å². The van der Waals surface area contributed by atoms with Crippen molar-refractivity contribution in [1.82, 2.24) is 4.90 Å². The summed E-state index contributed by atoms with van der Waals surface area (Å²) in [6.45, 7) is 2.17. The third-order valence-electron chi connectivity index (χ3n) is 2.38. The van der Waals surface area contributed by atoms with Crippen molar-refractivity contribution in [3.8, 4) is 6.07 Å². The lowest BCUT2D eigenvalue weighted by molar-refractivity contribution is 0.324. The monoisotopic (exact) mass is 221 g/mol. The summed E-state index contributed by atoms with van der Waals surface area (Å²) in [4.78, 5) is 2.07. The second-order valence-corrected chi connectivity index (χ2v) is 3.79. The van der Waals surface area contributed by atoms with Crippen LogP contribution in [0.15, 0.2) is 18.2 Å². The Bertz CT molecular complexity index is 384. The second kappa shape index (κ2) is 6.21. The van der Waals surface area contributed by atoms with E-state index in [4.69, 9.17) is 11.0 Å². The average Bonchev–Trinajstić information content (AvgIpc) is 2.28. The Morgan fingerprint density at radius 2 is 2.25 bits per heavy atom. The van der Waals surface area contributed by atoms with Crippen LogP contribution in [0.25, 0.3) is 0 Å². The van der Waals surface area contributed by atoms with Gasteiger partial charge >= 0.3 is 0 Å². The highest BCUT2D eigenvalue weighted by atomic mass is 19.1. The molecule has 3 nitrogen and oxygen atoms in total. The molecule has 0 aliphatic carbocycles. The molecule has 0 atom stereocenters. The minimum Gasteiger partial charge on any atom is -0.330 e. The maximum atomic E-state index is 12.9. The van der Waals surface area contributed by atoms with Gasteiger partial charge in [-0.05, 0) is 44.3 Å². The van der Waals surface area contributed by atoms with Crippen molar-refractivity contribution in [3.63, 3.8) is 0 Å². The fourth-order valence-corrected chi connectivity index (χ4v) is 1.52. The van der Waals surface area contributed by atoms with Crippen LogP contribution < -0.4 is 5.73 Å². The maximum Gasteiger partial charge on any atom is 0.124 e. The van der Waals surface area contributed by atoms with Gasteiger partial charge < -0.3 is 10.6 Å². The van der Waals surface area contributed by atoms with E-state index in [1.807, 2.05) is 13.1 Å². The van der Waals surface area contributed by atoms with Gasteiger partial charge in [0.1, 0.15) is 5.82 Å². The van der Waals surface area contributed by atoms with E-state index in [1.54, 1.807) is 6.07 Å². The Morgan fingerprint density at radius 1 is 1.50 bits per heavy atom. The normalized spacial score (nSPS) is 10.4. The SMILES string of the molecule is CN(CCCN)Cc1ccc(F)cc1C#N. The largest absolute Gasteiger partial charge is 0.330 e. The molecule has 86 valence electrons. The number of hydrogen-bond donors (Lipinski definition) is 1. The Labute approximate surface area is 95.3 Å². The first-order valence-electron chi connectivity index (χ1n) is 5.24. The third kappa shape index (κ3) is 3.61. The lowest BCUT2D eigenvalue weighted by Crippen LogP contribution is -2.21. The van der Waals surface area contributed by atoms with Crippen molar-refractivity contribution in [2.75, 3.05) is 20.1 Å². The van der Waals surface area contributed by atoms with Crippen molar-refractivity contribution in [1.29, 1.82) is 5.26 Å². The molecule has 1 rings (SSSR count). The van der Waals surface area contributed by atoms with Crippen LogP contribution in [0.1, 0.15) is 17.5 Å². The van der Waals surface area contributed by atoms with Gasteiger partial charge in [-0.3, -0.25) is 0 Å². The molecule has 2 N–H and O–H groups in total. The fourth-order valence-electron chi connectivity index (χ4n) is 1.52. The third-order valence-corrected chi connectivity index (χ3v) is 2.38. The highest BCUT2D eigenvalue weighted by molar-refractivity contribution is 5.37. The number of halogens is 1. The first kappa shape index (κ1) is 12.6. The van der Waals surface area contributed by atoms with E-state index in [0.717, 1.165) is 18.5 Å². The first-order valence-corrected chi connectivity index (χ1v) is 5.24. The lowest BCUT2D eigenvalue weighted by Gasteiger charge is -2.16. The molecule has 0 radical (unpaired) electrons. The molecule has 0 aliphatic rings. The summed E-state index contributed by atoms with van der Waals surface area (Å²) < 4.78 is 12.9. The number of hydrogen-bond acceptors (Lipinski definition) is 3. The van der Waals surface area contributed by atoms with Crippen molar-refractivity contribution in [2.24, 2.45) is 5.73 Å². The number of rotatable bonds is 5. The Hall–Kier alpha value is -1.44. The van der Waals surface area contributed by atoms with Crippen LogP contribution in [-0.2, 0) is 6.54 Å². The quantitative estimate of drug-likeness (QED) is 0.819. The number of benzene rings is 1. The molecule has 0 amide bonds. The Morgan fingerprint density at radius 3 is 2.88 bits per heavy atom. The van der Waals surface area contributed by atoms with Gasteiger partial charge in [0.15, 0.2) is 0 Å². The van der Waals surface area contributed by atoms with Gasteiger partial charge in [-0.1, -0.05) is 6.07 Å². The highest BCUT2D eigenvalue weighted by Gasteiger charge is 2.06. The Kier molecular flexibility index (Phi) is 4.90. The molecular formula is C12H16FN3. The first-order chi connectivity index (χ1) is 7.67. The molecule has 16 heavy (non-hydrogen) atoms. The molecule has 1 aromatic rings. The summed E-state index contributed by atoms with van der Waals surface area (Å²) in [5, 5.41) is 8.88. The van der Waals surface area contributed by atoms with Crippen LogP contribution >= 0.6 is 0 Å². The smallest absolute Gasteiger partial charge is 0.124 e. The second-order valence-electron chi connectivity index (χ2n) is 3.79. The van der Waals surface area contributed by atoms with Crippen LogP contribution in [-0.4, -0.2) is 25.0 Å². The number of nitrogens with zero attached hydrogens (tertiary/aromatic N) is 2. The summed E-state index contributed by atoms with van der Waals surface area (Å²) in [6.07, 6.45) is 0.916. The summed E-state index contributed by atoms with van der Waals surface area (Å²) in [5.74, 6) is -0.370. The van der Waals surface area contributed by atoms with Gasteiger partial charge in [-0.25, -0.2) is 4.39 Å². The van der Waals surface area contributed by atoms with Gasteiger partial charge in [0.05, 0.1) is 11.6 Å². The van der Waals surface area contributed by atoms with E-state index in [0.29, 0.717) is 18.7 Å².